The Morgan fingerprint density at radius 1 is 1.10 bits per heavy atom. The molecule has 1 atom stereocenters. The van der Waals surface area contributed by atoms with E-state index in [1.807, 2.05) is 30.3 Å². The van der Waals surface area contributed by atoms with Gasteiger partial charge in [-0.1, -0.05) is 30.3 Å². The summed E-state index contributed by atoms with van der Waals surface area (Å²) in [5, 5.41) is 8.27. The highest BCUT2D eigenvalue weighted by Gasteiger charge is 2.40. The first-order valence-electron chi connectivity index (χ1n) is 14.0. The van der Waals surface area contributed by atoms with Gasteiger partial charge in [0.2, 0.25) is 5.91 Å². The van der Waals surface area contributed by atoms with Crippen molar-refractivity contribution in [2.75, 3.05) is 53.1 Å². The van der Waals surface area contributed by atoms with Crippen LogP contribution >= 0.6 is 11.3 Å². The summed E-state index contributed by atoms with van der Waals surface area (Å²) in [4.78, 5) is 54.5. The number of benzene rings is 2. The molecule has 0 saturated carbocycles. The smallest absolute Gasteiger partial charge is 0.314 e. The maximum atomic E-state index is 13.7. The van der Waals surface area contributed by atoms with Crippen molar-refractivity contribution in [2.45, 2.75) is 26.2 Å². The second-order valence-corrected chi connectivity index (χ2v) is 11.1. The number of nitrogens with zero attached hydrogens (tertiary/aromatic N) is 1. The Labute approximate surface area is 249 Å². The number of thiophene rings is 1. The number of carbonyl (C=O) groups excluding carboxylic acids is 4. The number of hydrogen-bond acceptors (Lipinski definition) is 8. The maximum Gasteiger partial charge on any atom is 0.314 e. The minimum Gasteiger partial charge on any atom is -0.484 e. The molecule has 224 valence electrons. The summed E-state index contributed by atoms with van der Waals surface area (Å²) < 4.78 is 17.5. The molecule has 1 aliphatic rings. The summed E-state index contributed by atoms with van der Waals surface area (Å²) in [6.45, 7) is 2.15. The van der Waals surface area contributed by atoms with Gasteiger partial charge in [0.25, 0.3) is 11.8 Å². The van der Waals surface area contributed by atoms with E-state index in [1.54, 1.807) is 37.6 Å². The molecule has 42 heavy (non-hydrogen) atoms. The van der Waals surface area contributed by atoms with E-state index < -0.39 is 17.3 Å². The van der Waals surface area contributed by atoms with Gasteiger partial charge in [-0.05, 0) is 49.9 Å². The van der Waals surface area contributed by atoms with Crippen molar-refractivity contribution >= 4 is 45.1 Å². The first kappa shape index (κ1) is 31.0. The van der Waals surface area contributed by atoms with Crippen LogP contribution in [0.2, 0.25) is 0 Å². The fourth-order valence-electron chi connectivity index (χ4n) is 5.05. The van der Waals surface area contributed by atoms with Crippen LogP contribution in [0.1, 0.15) is 35.7 Å². The van der Waals surface area contributed by atoms with Crippen molar-refractivity contribution in [3.8, 4) is 5.75 Å². The molecule has 1 aliphatic heterocycles. The highest BCUT2D eigenvalue weighted by molar-refractivity contribution is 7.17. The molecule has 2 heterocycles. The topological polar surface area (TPSA) is 123 Å². The average Bonchev–Trinajstić information content (AvgIpc) is 3.42. The van der Waals surface area contributed by atoms with Gasteiger partial charge in [-0.2, -0.15) is 0 Å². The molecule has 11 heteroatoms. The van der Waals surface area contributed by atoms with E-state index in [2.05, 4.69) is 10.6 Å². The van der Waals surface area contributed by atoms with Crippen LogP contribution in [0.5, 0.6) is 5.75 Å². The maximum absolute atomic E-state index is 13.7. The molecule has 3 amide bonds. The second-order valence-electron chi connectivity index (χ2n) is 10.2. The molecular formula is C31H37N3O7S. The molecule has 0 spiro atoms. The van der Waals surface area contributed by atoms with Crippen LogP contribution in [0.25, 0.3) is 10.1 Å². The first-order chi connectivity index (χ1) is 20.3. The Bertz CT molecular complexity index is 1410. The molecule has 2 N–H and O–H groups in total. The second kappa shape index (κ2) is 14.8. The number of nitrogens with one attached hydrogen (secondary N) is 2. The van der Waals surface area contributed by atoms with E-state index in [4.69, 9.17) is 14.2 Å². The van der Waals surface area contributed by atoms with Gasteiger partial charge in [-0.25, -0.2) is 0 Å². The van der Waals surface area contributed by atoms with Crippen molar-refractivity contribution in [2.24, 2.45) is 5.41 Å². The summed E-state index contributed by atoms with van der Waals surface area (Å²) >= 11 is 1.45. The van der Waals surface area contributed by atoms with Gasteiger partial charge in [-0.15, -0.1) is 11.3 Å². The molecule has 1 unspecified atom stereocenters. The number of carbonyl (C=O) groups is 4. The fraction of sp³-hybridized carbons (Fsp3) is 0.419. The van der Waals surface area contributed by atoms with E-state index in [0.29, 0.717) is 30.8 Å². The summed E-state index contributed by atoms with van der Waals surface area (Å²) in [7, 11) is 1.59. The molecule has 4 rings (SSSR count). The zero-order valence-corrected chi connectivity index (χ0v) is 24.8. The van der Waals surface area contributed by atoms with Gasteiger partial charge in [-0.3, -0.25) is 19.2 Å². The highest BCUT2D eigenvalue weighted by Crippen LogP contribution is 2.32. The lowest BCUT2D eigenvalue weighted by atomic mass is 9.77. The minimum atomic E-state index is -1.09. The van der Waals surface area contributed by atoms with Crippen molar-refractivity contribution in [1.82, 2.24) is 15.5 Å². The Balaban J connectivity index is 1.65. The minimum absolute atomic E-state index is 0.0135. The van der Waals surface area contributed by atoms with Crippen molar-refractivity contribution in [3.63, 3.8) is 0 Å². The van der Waals surface area contributed by atoms with Gasteiger partial charge in [0.05, 0.1) is 24.1 Å². The molecule has 10 nitrogen and oxygen atoms in total. The van der Waals surface area contributed by atoms with E-state index in [1.165, 1.54) is 16.2 Å². The molecule has 0 aliphatic carbocycles. The number of amides is 3. The van der Waals surface area contributed by atoms with E-state index in [9.17, 15) is 19.2 Å². The van der Waals surface area contributed by atoms with Crippen molar-refractivity contribution < 1.29 is 33.4 Å². The number of rotatable bonds is 7. The molecule has 0 radical (unpaired) electrons. The van der Waals surface area contributed by atoms with Gasteiger partial charge in [0.1, 0.15) is 5.75 Å². The van der Waals surface area contributed by atoms with Crippen LogP contribution in [0, 0.1) is 5.41 Å². The quantitative estimate of drug-likeness (QED) is 0.318. The van der Waals surface area contributed by atoms with Gasteiger partial charge < -0.3 is 29.7 Å². The largest absolute Gasteiger partial charge is 0.484 e. The van der Waals surface area contributed by atoms with Gasteiger partial charge in [0, 0.05) is 48.8 Å². The number of methoxy groups -OCH3 is 1. The van der Waals surface area contributed by atoms with Crippen LogP contribution in [0.15, 0.2) is 53.9 Å². The molecule has 0 fully saturated rings. The van der Waals surface area contributed by atoms with Crippen LogP contribution in [0.4, 0.5) is 0 Å². The zero-order valence-electron chi connectivity index (χ0n) is 24.0. The number of esters is 1. The van der Waals surface area contributed by atoms with Gasteiger partial charge in [0.15, 0.2) is 6.61 Å². The Morgan fingerprint density at radius 2 is 1.93 bits per heavy atom. The highest BCUT2D eigenvalue weighted by atomic mass is 32.1. The van der Waals surface area contributed by atoms with E-state index >= 15 is 0 Å². The monoisotopic (exact) mass is 595 g/mol. The Hall–Kier alpha value is -3.96. The predicted molar refractivity (Wildman–Crippen MR) is 160 cm³/mol. The van der Waals surface area contributed by atoms with Crippen LogP contribution in [-0.4, -0.2) is 81.7 Å². The van der Waals surface area contributed by atoms with Gasteiger partial charge >= 0.3 is 5.97 Å². The lowest BCUT2D eigenvalue weighted by Gasteiger charge is -2.32. The summed E-state index contributed by atoms with van der Waals surface area (Å²) in [5.74, 6) is -1.04. The van der Waals surface area contributed by atoms with E-state index in [0.717, 1.165) is 15.6 Å². The Morgan fingerprint density at radius 3 is 2.74 bits per heavy atom. The fourth-order valence-corrected chi connectivity index (χ4v) is 5.99. The predicted octanol–water partition coefficient (Wildman–Crippen LogP) is 3.19. The lowest BCUT2D eigenvalue weighted by Crippen LogP contribution is -2.49. The lowest BCUT2D eigenvalue weighted by molar-refractivity contribution is -0.156. The molecule has 3 aromatic rings. The molecule has 2 aromatic carbocycles. The van der Waals surface area contributed by atoms with E-state index in [-0.39, 0.29) is 57.6 Å². The summed E-state index contributed by atoms with van der Waals surface area (Å²) in [6, 6.07) is 14.8. The third-order valence-corrected chi connectivity index (χ3v) is 8.15. The van der Waals surface area contributed by atoms with Crippen molar-refractivity contribution in [3.05, 3.63) is 65.0 Å². The third-order valence-electron chi connectivity index (χ3n) is 7.18. The number of hydrogen-bond donors (Lipinski definition) is 2. The average molecular weight is 596 g/mol. The molecule has 1 aromatic heterocycles. The molecular weight excluding hydrogens is 558 g/mol. The summed E-state index contributed by atoms with van der Waals surface area (Å²) in [6.07, 6.45) is 1.23. The molecule has 2 bridgehead atoms. The third kappa shape index (κ3) is 7.86. The molecule has 0 saturated heterocycles. The summed E-state index contributed by atoms with van der Waals surface area (Å²) in [5.41, 5.74) is 0.197. The normalized spacial score (nSPS) is 18.6. The van der Waals surface area contributed by atoms with Crippen molar-refractivity contribution in [1.29, 1.82) is 0 Å². The number of ether oxygens (including phenoxy) is 3. The van der Waals surface area contributed by atoms with Crippen LogP contribution < -0.4 is 15.4 Å². The Kier molecular flexibility index (Phi) is 10.9. The zero-order chi connectivity index (χ0) is 30.0. The van der Waals surface area contributed by atoms with Crippen LogP contribution in [0.3, 0.4) is 0 Å². The standard InChI is InChI=1S/C31H37N3O7S/c1-3-40-30(38)31(12-7-15-39-2)17-22-8-6-9-23(16-22)41-19-28(36)32-13-14-34(18-27(35)33-21-31)29(37)25-20-42-26-11-5-4-10-24(25)26/h4-6,8-11,16,20H,3,7,12-15,17-19,21H2,1-2H3,(H,32,36)(H,33,35). The number of fused-ring (bicyclic) bond motifs is 3. The SMILES string of the molecule is CCOC(=O)C1(CCCOC)CNC(=O)CN(C(=O)c2csc3ccccc23)CCNC(=O)COc2cccc(c2)C1. The van der Waals surface area contributed by atoms with Crippen LogP contribution in [-0.2, 0) is 30.3 Å². The first-order valence-corrected chi connectivity index (χ1v) is 14.9.